The first kappa shape index (κ1) is 18.0. The third-order valence-electron chi connectivity index (χ3n) is 5.07. The number of rotatable bonds is 6. The predicted octanol–water partition coefficient (Wildman–Crippen LogP) is 2.44. The largest absolute Gasteiger partial charge is 0.497 e. The maximum Gasteiger partial charge on any atom is 0.223 e. The summed E-state index contributed by atoms with van der Waals surface area (Å²) in [5.74, 6) is 2.18. The van der Waals surface area contributed by atoms with Gasteiger partial charge in [0.25, 0.3) is 0 Å². The van der Waals surface area contributed by atoms with Gasteiger partial charge in [-0.3, -0.25) is 9.63 Å². The van der Waals surface area contributed by atoms with E-state index in [4.69, 9.17) is 14.3 Å². The Morgan fingerprint density at radius 1 is 1.24 bits per heavy atom. The Morgan fingerprint density at radius 3 is 2.84 bits per heavy atom. The van der Waals surface area contributed by atoms with Crippen LogP contribution in [0.1, 0.15) is 37.2 Å². The summed E-state index contributed by atoms with van der Waals surface area (Å²) in [5, 5.41) is 1.93. The molecule has 0 saturated carbocycles. The van der Waals surface area contributed by atoms with E-state index in [0.29, 0.717) is 18.9 Å². The molecule has 2 saturated heterocycles. The maximum atomic E-state index is 12.5. The molecule has 25 heavy (non-hydrogen) atoms. The molecular formula is C19H28N2O4. The van der Waals surface area contributed by atoms with E-state index in [1.807, 2.05) is 28.2 Å². The van der Waals surface area contributed by atoms with E-state index in [-0.39, 0.29) is 5.91 Å². The van der Waals surface area contributed by atoms with Gasteiger partial charge < -0.3 is 14.4 Å². The van der Waals surface area contributed by atoms with Gasteiger partial charge in [-0.15, -0.1) is 0 Å². The van der Waals surface area contributed by atoms with E-state index in [1.54, 1.807) is 14.2 Å². The van der Waals surface area contributed by atoms with Crippen LogP contribution in [0, 0.1) is 0 Å². The molecule has 1 amide bonds. The first-order valence-corrected chi connectivity index (χ1v) is 9.09. The number of hydrogen-bond acceptors (Lipinski definition) is 5. The molecule has 1 unspecified atom stereocenters. The average Bonchev–Trinajstić information content (AvgIpc) is 3.16. The molecular weight excluding hydrogens is 320 g/mol. The van der Waals surface area contributed by atoms with Crippen molar-refractivity contribution in [3.8, 4) is 11.5 Å². The molecule has 0 bridgehead atoms. The van der Waals surface area contributed by atoms with Crippen molar-refractivity contribution >= 4 is 5.91 Å². The molecule has 1 atom stereocenters. The molecule has 2 fully saturated rings. The molecule has 0 N–H and O–H groups in total. The summed E-state index contributed by atoms with van der Waals surface area (Å²) in [6.45, 7) is 3.92. The van der Waals surface area contributed by atoms with Crippen molar-refractivity contribution in [2.24, 2.45) is 0 Å². The highest BCUT2D eigenvalue weighted by molar-refractivity contribution is 5.76. The number of hydrogen-bond donors (Lipinski definition) is 0. The van der Waals surface area contributed by atoms with Gasteiger partial charge in [0, 0.05) is 44.1 Å². The van der Waals surface area contributed by atoms with E-state index in [0.717, 1.165) is 62.6 Å². The van der Waals surface area contributed by atoms with Crippen molar-refractivity contribution in [2.45, 2.75) is 31.6 Å². The highest BCUT2D eigenvalue weighted by Gasteiger charge is 2.29. The van der Waals surface area contributed by atoms with Gasteiger partial charge in [-0.25, -0.2) is 0 Å². The molecule has 1 aromatic rings. The number of likely N-dealkylation sites (tertiary alicyclic amines) is 1. The fourth-order valence-electron chi connectivity index (χ4n) is 3.60. The standard InChI is InChI=1S/C19H28N2O4/c1-23-16-5-6-18(24-2)17(13-16)15-7-10-20(14-15)19(22)8-11-21-9-3-4-12-25-21/h5-6,13,15H,3-4,7-12,14H2,1-2H3. The summed E-state index contributed by atoms with van der Waals surface area (Å²) in [4.78, 5) is 20.1. The third-order valence-corrected chi connectivity index (χ3v) is 5.07. The smallest absolute Gasteiger partial charge is 0.223 e. The molecule has 6 nitrogen and oxygen atoms in total. The van der Waals surface area contributed by atoms with Crippen molar-refractivity contribution in [1.82, 2.24) is 9.96 Å². The predicted molar refractivity (Wildman–Crippen MR) is 94.9 cm³/mol. The van der Waals surface area contributed by atoms with E-state index in [2.05, 4.69) is 0 Å². The van der Waals surface area contributed by atoms with Crippen LogP contribution in [0.2, 0.25) is 0 Å². The molecule has 0 aliphatic carbocycles. The highest BCUT2D eigenvalue weighted by Crippen LogP contribution is 2.36. The number of carbonyl (C=O) groups excluding carboxylic acids is 1. The number of ether oxygens (including phenoxy) is 2. The molecule has 138 valence electrons. The molecule has 6 heteroatoms. The van der Waals surface area contributed by atoms with Gasteiger partial charge in [0.1, 0.15) is 11.5 Å². The summed E-state index contributed by atoms with van der Waals surface area (Å²) in [6, 6.07) is 5.87. The molecule has 2 aliphatic heterocycles. The Balaban J connectivity index is 1.56. The van der Waals surface area contributed by atoms with Crippen LogP contribution in [0.5, 0.6) is 11.5 Å². The lowest BCUT2D eigenvalue weighted by atomic mass is 9.97. The van der Waals surface area contributed by atoms with Crippen molar-refractivity contribution in [3.05, 3.63) is 23.8 Å². The quantitative estimate of drug-likeness (QED) is 0.790. The van der Waals surface area contributed by atoms with Gasteiger partial charge in [0.2, 0.25) is 5.91 Å². The second-order valence-electron chi connectivity index (χ2n) is 6.65. The molecule has 3 rings (SSSR count). The van der Waals surface area contributed by atoms with Gasteiger partial charge in [0.05, 0.1) is 20.8 Å². The van der Waals surface area contributed by atoms with Gasteiger partial charge in [0.15, 0.2) is 0 Å². The van der Waals surface area contributed by atoms with Crippen LogP contribution in [-0.2, 0) is 9.63 Å². The molecule has 0 aromatic heterocycles. The maximum absolute atomic E-state index is 12.5. The zero-order chi connectivity index (χ0) is 17.6. The Kier molecular flexibility index (Phi) is 6.15. The fraction of sp³-hybridized carbons (Fsp3) is 0.632. The Morgan fingerprint density at radius 2 is 2.12 bits per heavy atom. The van der Waals surface area contributed by atoms with Crippen LogP contribution in [0.3, 0.4) is 0 Å². The van der Waals surface area contributed by atoms with Gasteiger partial charge in [-0.05, 0) is 37.5 Å². The Hall–Kier alpha value is -1.79. The topological polar surface area (TPSA) is 51.2 Å². The summed E-state index contributed by atoms with van der Waals surface area (Å²) in [6.07, 6.45) is 3.73. The lowest BCUT2D eigenvalue weighted by Gasteiger charge is -2.26. The molecule has 1 aromatic carbocycles. The number of methoxy groups -OCH3 is 2. The molecule has 2 aliphatic rings. The van der Waals surface area contributed by atoms with Crippen molar-refractivity contribution in [2.75, 3.05) is 47.0 Å². The number of amides is 1. The summed E-state index contributed by atoms with van der Waals surface area (Å²) in [7, 11) is 3.35. The Labute approximate surface area is 149 Å². The zero-order valence-electron chi connectivity index (χ0n) is 15.2. The summed E-state index contributed by atoms with van der Waals surface area (Å²) in [5.41, 5.74) is 1.12. The minimum Gasteiger partial charge on any atom is -0.497 e. The number of hydroxylamine groups is 2. The van der Waals surface area contributed by atoms with E-state index >= 15 is 0 Å². The van der Waals surface area contributed by atoms with Crippen LogP contribution in [0.15, 0.2) is 18.2 Å². The number of nitrogens with zero attached hydrogens (tertiary/aromatic N) is 2. The molecule has 0 radical (unpaired) electrons. The second-order valence-corrected chi connectivity index (χ2v) is 6.65. The van der Waals surface area contributed by atoms with Gasteiger partial charge >= 0.3 is 0 Å². The average molecular weight is 348 g/mol. The number of carbonyl (C=O) groups is 1. The monoisotopic (exact) mass is 348 g/mol. The van der Waals surface area contributed by atoms with E-state index in [9.17, 15) is 4.79 Å². The third kappa shape index (κ3) is 4.44. The lowest BCUT2D eigenvalue weighted by molar-refractivity contribution is -0.182. The lowest BCUT2D eigenvalue weighted by Crippen LogP contribution is -2.35. The number of benzene rings is 1. The van der Waals surface area contributed by atoms with Crippen molar-refractivity contribution < 1.29 is 19.1 Å². The van der Waals surface area contributed by atoms with Crippen molar-refractivity contribution in [1.29, 1.82) is 0 Å². The minimum absolute atomic E-state index is 0.207. The van der Waals surface area contributed by atoms with Gasteiger partial charge in [-0.2, -0.15) is 5.06 Å². The normalized spacial score (nSPS) is 21.4. The van der Waals surface area contributed by atoms with Crippen LogP contribution in [0.25, 0.3) is 0 Å². The SMILES string of the molecule is COc1ccc(OC)c(C2CCN(C(=O)CCN3CCCCO3)C2)c1. The van der Waals surface area contributed by atoms with Crippen LogP contribution < -0.4 is 9.47 Å². The summed E-state index contributed by atoms with van der Waals surface area (Å²) < 4.78 is 10.8. The highest BCUT2D eigenvalue weighted by atomic mass is 16.7. The van der Waals surface area contributed by atoms with Crippen molar-refractivity contribution in [3.63, 3.8) is 0 Å². The first-order valence-electron chi connectivity index (χ1n) is 9.09. The molecule has 2 heterocycles. The van der Waals surface area contributed by atoms with Crippen LogP contribution >= 0.6 is 0 Å². The first-order chi connectivity index (χ1) is 12.2. The van der Waals surface area contributed by atoms with E-state index < -0.39 is 0 Å². The Bertz CT molecular complexity index is 587. The van der Waals surface area contributed by atoms with Crippen LogP contribution in [0.4, 0.5) is 0 Å². The molecule has 0 spiro atoms. The second kappa shape index (κ2) is 8.54. The van der Waals surface area contributed by atoms with E-state index in [1.165, 1.54) is 0 Å². The van der Waals surface area contributed by atoms with Crippen LogP contribution in [-0.4, -0.2) is 62.9 Å². The zero-order valence-corrected chi connectivity index (χ0v) is 15.2. The summed E-state index contributed by atoms with van der Waals surface area (Å²) >= 11 is 0. The minimum atomic E-state index is 0.207. The van der Waals surface area contributed by atoms with Gasteiger partial charge in [-0.1, -0.05) is 0 Å². The fourth-order valence-corrected chi connectivity index (χ4v) is 3.60.